The third kappa shape index (κ3) is 3.26. The summed E-state index contributed by atoms with van der Waals surface area (Å²) in [6.45, 7) is 8.93. The Morgan fingerprint density at radius 3 is 2.08 bits per heavy atom. The Labute approximate surface area is 145 Å². The molecular formula is C23H26N+. The number of nitrogens with zero attached hydrogens (tertiary/aromatic N) is 1. The van der Waals surface area contributed by atoms with Crippen LogP contribution in [-0.2, 0) is 12.5 Å². The summed E-state index contributed by atoms with van der Waals surface area (Å²) in [5.74, 6) is 0. The zero-order valence-electron chi connectivity index (χ0n) is 15.3. The molecule has 0 bridgehead atoms. The summed E-state index contributed by atoms with van der Waals surface area (Å²) >= 11 is 0. The summed E-state index contributed by atoms with van der Waals surface area (Å²) in [6.07, 6.45) is 2.10. The molecule has 0 aliphatic rings. The van der Waals surface area contributed by atoms with Gasteiger partial charge in [-0.15, -0.1) is 0 Å². The molecule has 1 nitrogen and oxygen atoms in total. The van der Waals surface area contributed by atoms with Gasteiger partial charge in [0.15, 0.2) is 6.20 Å². The third-order valence-corrected chi connectivity index (χ3v) is 4.65. The van der Waals surface area contributed by atoms with Crippen LogP contribution in [0.4, 0.5) is 0 Å². The number of benzene rings is 2. The zero-order chi connectivity index (χ0) is 17.3. The van der Waals surface area contributed by atoms with Gasteiger partial charge in [-0.25, -0.2) is 4.57 Å². The maximum Gasteiger partial charge on any atom is 0.212 e. The molecule has 2 aromatic carbocycles. The summed E-state index contributed by atoms with van der Waals surface area (Å²) in [7, 11) is 2.10. The van der Waals surface area contributed by atoms with Gasteiger partial charge in [0.1, 0.15) is 7.05 Å². The SMILES string of the molecule is Cc1ccc(-c2ccc(C(C)(C)C)cc2)cc1-c1cccc[n+]1C. The first-order valence-electron chi connectivity index (χ1n) is 8.53. The van der Waals surface area contributed by atoms with Gasteiger partial charge in [-0.05, 0) is 46.7 Å². The summed E-state index contributed by atoms with van der Waals surface area (Å²) < 4.78 is 2.18. The van der Waals surface area contributed by atoms with Gasteiger partial charge in [0.05, 0.1) is 0 Å². The van der Waals surface area contributed by atoms with Gasteiger partial charge < -0.3 is 0 Å². The zero-order valence-corrected chi connectivity index (χ0v) is 15.3. The van der Waals surface area contributed by atoms with Crippen LogP contribution in [0.1, 0.15) is 31.9 Å². The molecule has 3 rings (SSSR count). The van der Waals surface area contributed by atoms with Crippen molar-refractivity contribution in [2.24, 2.45) is 7.05 Å². The first-order chi connectivity index (χ1) is 11.4. The fourth-order valence-corrected chi connectivity index (χ4v) is 3.04. The van der Waals surface area contributed by atoms with Gasteiger partial charge in [-0.3, -0.25) is 0 Å². The number of aryl methyl sites for hydroxylation is 2. The van der Waals surface area contributed by atoms with Crippen LogP contribution in [0.3, 0.4) is 0 Å². The van der Waals surface area contributed by atoms with Crippen LogP contribution in [0.15, 0.2) is 66.9 Å². The van der Waals surface area contributed by atoms with Gasteiger partial charge in [0, 0.05) is 17.7 Å². The van der Waals surface area contributed by atoms with E-state index in [0.717, 1.165) is 0 Å². The first kappa shape index (κ1) is 16.4. The van der Waals surface area contributed by atoms with Gasteiger partial charge in [0.2, 0.25) is 5.69 Å². The second kappa shape index (κ2) is 6.24. The van der Waals surface area contributed by atoms with E-state index in [1.807, 2.05) is 0 Å². The Balaban J connectivity index is 2.05. The minimum atomic E-state index is 0.189. The first-order valence-corrected chi connectivity index (χ1v) is 8.53. The average Bonchev–Trinajstić information content (AvgIpc) is 2.55. The molecule has 0 radical (unpaired) electrons. The van der Waals surface area contributed by atoms with E-state index in [-0.39, 0.29) is 5.41 Å². The summed E-state index contributed by atoms with van der Waals surface area (Å²) in [4.78, 5) is 0. The van der Waals surface area contributed by atoms with E-state index in [9.17, 15) is 0 Å². The largest absolute Gasteiger partial charge is 0.212 e. The Bertz CT molecular complexity index is 852. The Hall–Kier alpha value is -2.41. The lowest BCUT2D eigenvalue weighted by atomic mass is 9.86. The molecule has 0 fully saturated rings. The number of rotatable bonds is 2. The van der Waals surface area contributed by atoms with Crippen LogP contribution in [0.25, 0.3) is 22.4 Å². The standard InChI is InChI=1S/C23H26N/c1-17-9-10-19(16-21(17)22-8-6-7-15-24(22)5)18-11-13-20(14-12-18)23(2,3)4/h6-16H,1-5H3/q+1. The highest BCUT2D eigenvalue weighted by molar-refractivity contribution is 5.73. The summed E-state index contributed by atoms with van der Waals surface area (Å²) in [6, 6.07) is 22.0. The molecular weight excluding hydrogens is 290 g/mol. The predicted molar refractivity (Wildman–Crippen MR) is 102 cm³/mol. The minimum Gasteiger partial charge on any atom is -0.201 e. The molecule has 0 atom stereocenters. The van der Waals surface area contributed by atoms with Crippen LogP contribution >= 0.6 is 0 Å². The molecule has 1 heteroatoms. The lowest BCUT2D eigenvalue weighted by Crippen LogP contribution is -2.30. The molecule has 0 aliphatic heterocycles. The van der Waals surface area contributed by atoms with E-state index >= 15 is 0 Å². The van der Waals surface area contributed by atoms with Crippen molar-refractivity contribution in [2.45, 2.75) is 33.1 Å². The number of pyridine rings is 1. The molecule has 0 N–H and O–H groups in total. The molecule has 1 heterocycles. The molecule has 0 aliphatic carbocycles. The molecule has 24 heavy (non-hydrogen) atoms. The highest BCUT2D eigenvalue weighted by Crippen LogP contribution is 2.29. The highest BCUT2D eigenvalue weighted by atomic mass is 14.9. The van der Waals surface area contributed by atoms with Crippen molar-refractivity contribution < 1.29 is 4.57 Å². The van der Waals surface area contributed by atoms with Crippen molar-refractivity contribution in [1.82, 2.24) is 0 Å². The van der Waals surface area contributed by atoms with E-state index < -0.39 is 0 Å². The lowest BCUT2D eigenvalue weighted by Gasteiger charge is -2.19. The quantitative estimate of drug-likeness (QED) is 0.553. The predicted octanol–water partition coefficient (Wildman–Crippen LogP) is 5.45. The molecule has 0 amide bonds. The van der Waals surface area contributed by atoms with Crippen LogP contribution in [0, 0.1) is 6.92 Å². The summed E-state index contributed by atoms with van der Waals surface area (Å²) in [5, 5.41) is 0. The molecule has 122 valence electrons. The van der Waals surface area contributed by atoms with Gasteiger partial charge >= 0.3 is 0 Å². The monoisotopic (exact) mass is 316 g/mol. The topological polar surface area (TPSA) is 3.88 Å². The van der Waals surface area contributed by atoms with Crippen LogP contribution in [0.2, 0.25) is 0 Å². The van der Waals surface area contributed by atoms with Crippen molar-refractivity contribution in [2.75, 3.05) is 0 Å². The minimum absolute atomic E-state index is 0.189. The Morgan fingerprint density at radius 2 is 1.46 bits per heavy atom. The van der Waals surface area contributed by atoms with E-state index in [0.29, 0.717) is 0 Å². The van der Waals surface area contributed by atoms with Crippen LogP contribution in [0.5, 0.6) is 0 Å². The highest BCUT2D eigenvalue weighted by Gasteiger charge is 2.15. The van der Waals surface area contributed by atoms with Crippen molar-refractivity contribution in [1.29, 1.82) is 0 Å². The fraction of sp³-hybridized carbons (Fsp3) is 0.261. The lowest BCUT2D eigenvalue weighted by molar-refractivity contribution is -0.660. The Kier molecular flexibility index (Phi) is 4.28. The Morgan fingerprint density at radius 1 is 0.792 bits per heavy atom. The summed E-state index contributed by atoms with van der Waals surface area (Å²) in [5.41, 5.74) is 7.91. The molecule has 3 aromatic rings. The van der Waals surface area contributed by atoms with E-state index in [1.54, 1.807) is 0 Å². The smallest absolute Gasteiger partial charge is 0.201 e. The van der Waals surface area contributed by atoms with E-state index in [2.05, 4.69) is 106 Å². The maximum absolute atomic E-state index is 2.30. The van der Waals surface area contributed by atoms with Crippen LogP contribution < -0.4 is 4.57 Å². The van der Waals surface area contributed by atoms with Gasteiger partial charge in [-0.2, -0.15) is 0 Å². The van der Waals surface area contributed by atoms with Crippen molar-refractivity contribution >= 4 is 0 Å². The van der Waals surface area contributed by atoms with Crippen molar-refractivity contribution in [3.05, 3.63) is 78.0 Å². The van der Waals surface area contributed by atoms with Gasteiger partial charge in [-0.1, -0.05) is 57.2 Å². The average molecular weight is 316 g/mol. The van der Waals surface area contributed by atoms with Crippen molar-refractivity contribution in [3.8, 4) is 22.4 Å². The number of hydrogen-bond acceptors (Lipinski definition) is 0. The molecule has 1 aromatic heterocycles. The maximum atomic E-state index is 2.30. The van der Waals surface area contributed by atoms with E-state index in [4.69, 9.17) is 0 Å². The molecule has 0 spiro atoms. The van der Waals surface area contributed by atoms with Gasteiger partial charge in [0.25, 0.3) is 0 Å². The van der Waals surface area contributed by atoms with E-state index in [1.165, 1.54) is 33.5 Å². The molecule has 0 unspecified atom stereocenters. The number of aromatic nitrogens is 1. The van der Waals surface area contributed by atoms with Crippen LogP contribution in [-0.4, -0.2) is 0 Å². The second-order valence-electron chi connectivity index (χ2n) is 7.55. The van der Waals surface area contributed by atoms with Crippen molar-refractivity contribution in [3.63, 3.8) is 0 Å². The molecule has 0 saturated carbocycles. The molecule has 0 saturated heterocycles. The normalized spacial score (nSPS) is 11.5. The third-order valence-electron chi connectivity index (χ3n) is 4.65. The number of hydrogen-bond donors (Lipinski definition) is 0. The fourth-order valence-electron chi connectivity index (χ4n) is 3.04. The second-order valence-corrected chi connectivity index (χ2v) is 7.55.